The van der Waals surface area contributed by atoms with E-state index in [1.807, 2.05) is 37.3 Å². The summed E-state index contributed by atoms with van der Waals surface area (Å²) in [4.78, 5) is 17.2. The van der Waals surface area contributed by atoms with Gasteiger partial charge in [-0.1, -0.05) is 48.5 Å². The molecule has 0 atom stereocenters. The van der Waals surface area contributed by atoms with Gasteiger partial charge in [-0.05, 0) is 18.6 Å². The SMILES string of the molecule is Cc1cccc2ccc(C3=C(O)c4ccccc4C3=O)nc12. The predicted molar refractivity (Wildman–Crippen MR) is 86.7 cm³/mol. The lowest BCUT2D eigenvalue weighted by molar-refractivity contribution is 0.105. The van der Waals surface area contributed by atoms with Gasteiger partial charge >= 0.3 is 0 Å². The van der Waals surface area contributed by atoms with Crippen molar-refractivity contribution in [3.63, 3.8) is 0 Å². The Labute approximate surface area is 127 Å². The van der Waals surface area contributed by atoms with E-state index in [1.54, 1.807) is 24.3 Å². The van der Waals surface area contributed by atoms with Crippen LogP contribution in [-0.4, -0.2) is 15.9 Å². The summed E-state index contributed by atoms with van der Waals surface area (Å²) in [6.07, 6.45) is 0. The smallest absolute Gasteiger partial charge is 0.199 e. The van der Waals surface area contributed by atoms with Crippen molar-refractivity contribution in [3.05, 3.63) is 77.0 Å². The summed E-state index contributed by atoms with van der Waals surface area (Å²) < 4.78 is 0. The van der Waals surface area contributed by atoms with Crippen LogP contribution in [-0.2, 0) is 0 Å². The second-order valence-electron chi connectivity index (χ2n) is 5.44. The number of ketones is 1. The number of aliphatic hydroxyl groups is 1. The first kappa shape index (κ1) is 12.8. The van der Waals surface area contributed by atoms with Gasteiger partial charge < -0.3 is 5.11 Å². The van der Waals surface area contributed by atoms with Gasteiger partial charge in [-0.15, -0.1) is 0 Å². The number of para-hydroxylation sites is 1. The molecule has 0 spiro atoms. The number of nitrogens with zero attached hydrogens (tertiary/aromatic N) is 1. The third kappa shape index (κ3) is 1.69. The molecule has 0 amide bonds. The molecule has 2 aromatic carbocycles. The van der Waals surface area contributed by atoms with Crippen LogP contribution in [0.15, 0.2) is 54.6 Å². The molecule has 0 fully saturated rings. The highest BCUT2D eigenvalue weighted by molar-refractivity contribution is 6.38. The number of carbonyl (C=O) groups excluding carboxylic acids is 1. The average molecular weight is 287 g/mol. The van der Waals surface area contributed by atoms with Crippen molar-refractivity contribution in [2.24, 2.45) is 0 Å². The summed E-state index contributed by atoms with van der Waals surface area (Å²) in [6.45, 7) is 1.98. The number of carbonyl (C=O) groups is 1. The summed E-state index contributed by atoms with van der Waals surface area (Å²) in [5.74, 6) is -0.158. The molecular formula is C19H13NO2. The van der Waals surface area contributed by atoms with Gasteiger partial charge in [0, 0.05) is 16.5 Å². The van der Waals surface area contributed by atoms with Gasteiger partial charge in [0.2, 0.25) is 0 Å². The molecule has 22 heavy (non-hydrogen) atoms. The Morgan fingerprint density at radius 2 is 1.68 bits per heavy atom. The molecular weight excluding hydrogens is 274 g/mol. The van der Waals surface area contributed by atoms with E-state index < -0.39 is 0 Å². The number of benzene rings is 2. The number of aliphatic hydroxyl groups excluding tert-OH is 1. The number of hydrogen-bond donors (Lipinski definition) is 1. The number of rotatable bonds is 1. The molecule has 0 aliphatic heterocycles. The minimum absolute atomic E-state index is 0.0148. The third-order valence-electron chi connectivity index (χ3n) is 4.07. The second kappa shape index (κ2) is 4.53. The first-order valence-electron chi connectivity index (χ1n) is 7.11. The summed E-state index contributed by atoms with van der Waals surface area (Å²) in [5.41, 5.74) is 3.80. The standard InChI is InChI=1S/C19H13NO2/c1-11-5-4-6-12-9-10-15(20-17(11)12)16-18(21)13-7-2-3-8-14(13)19(16)22/h2-10,21H,1H3. The summed E-state index contributed by atoms with van der Waals surface area (Å²) in [7, 11) is 0. The minimum atomic E-state index is -0.173. The number of allylic oxidation sites excluding steroid dienone is 1. The lowest BCUT2D eigenvalue weighted by Gasteiger charge is -2.06. The number of hydrogen-bond acceptors (Lipinski definition) is 3. The first-order valence-corrected chi connectivity index (χ1v) is 7.11. The van der Waals surface area contributed by atoms with Gasteiger partial charge in [-0.3, -0.25) is 4.79 Å². The molecule has 106 valence electrons. The fraction of sp³-hybridized carbons (Fsp3) is 0.0526. The molecule has 4 rings (SSSR count). The van der Waals surface area contributed by atoms with E-state index in [1.165, 1.54) is 0 Å². The van der Waals surface area contributed by atoms with Crippen LogP contribution in [0.3, 0.4) is 0 Å². The molecule has 0 saturated carbocycles. The highest BCUT2D eigenvalue weighted by atomic mass is 16.3. The van der Waals surface area contributed by atoms with Crippen LogP contribution in [0.4, 0.5) is 0 Å². The van der Waals surface area contributed by atoms with Crippen LogP contribution >= 0.6 is 0 Å². The Balaban J connectivity index is 1.95. The fourth-order valence-corrected chi connectivity index (χ4v) is 2.94. The predicted octanol–water partition coefficient (Wildman–Crippen LogP) is 4.17. The first-order chi connectivity index (χ1) is 10.7. The van der Waals surface area contributed by atoms with Crippen LogP contribution in [0, 0.1) is 6.92 Å². The largest absolute Gasteiger partial charge is 0.506 e. The Morgan fingerprint density at radius 3 is 2.45 bits per heavy atom. The highest BCUT2D eigenvalue weighted by Crippen LogP contribution is 2.36. The van der Waals surface area contributed by atoms with Crippen molar-refractivity contribution in [2.45, 2.75) is 6.92 Å². The Morgan fingerprint density at radius 1 is 0.909 bits per heavy atom. The molecule has 3 aromatic rings. The topological polar surface area (TPSA) is 50.2 Å². The van der Waals surface area contributed by atoms with Gasteiger partial charge in [0.15, 0.2) is 5.78 Å². The van der Waals surface area contributed by atoms with Gasteiger partial charge in [-0.25, -0.2) is 4.98 Å². The lowest BCUT2D eigenvalue weighted by atomic mass is 10.0. The van der Waals surface area contributed by atoms with E-state index >= 15 is 0 Å². The maximum atomic E-state index is 12.6. The zero-order valence-electron chi connectivity index (χ0n) is 12.0. The maximum absolute atomic E-state index is 12.6. The van der Waals surface area contributed by atoms with Crippen molar-refractivity contribution < 1.29 is 9.90 Å². The summed E-state index contributed by atoms with van der Waals surface area (Å²) in [6, 6.07) is 16.8. The van der Waals surface area contributed by atoms with Gasteiger partial charge in [0.1, 0.15) is 5.76 Å². The third-order valence-corrected chi connectivity index (χ3v) is 4.07. The van der Waals surface area contributed by atoms with Crippen molar-refractivity contribution in [1.29, 1.82) is 0 Å². The monoisotopic (exact) mass is 287 g/mol. The zero-order valence-corrected chi connectivity index (χ0v) is 12.0. The number of Topliss-reactive ketones (excluding diaryl/α,β-unsaturated/α-hetero) is 1. The molecule has 3 heteroatoms. The molecule has 3 nitrogen and oxygen atoms in total. The Hall–Kier alpha value is -2.94. The fourth-order valence-electron chi connectivity index (χ4n) is 2.94. The number of pyridine rings is 1. The summed E-state index contributed by atoms with van der Waals surface area (Å²) in [5, 5.41) is 11.4. The number of fused-ring (bicyclic) bond motifs is 2. The molecule has 1 aliphatic carbocycles. The van der Waals surface area contributed by atoms with E-state index in [0.717, 1.165) is 16.5 Å². The molecule has 1 heterocycles. The zero-order chi connectivity index (χ0) is 15.3. The highest BCUT2D eigenvalue weighted by Gasteiger charge is 2.31. The van der Waals surface area contributed by atoms with Crippen molar-refractivity contribution in [2.75, 3.05) is 0 Å². The molecule has 1 aromatic heterocycles. The van der Waals surface area contributed by atoms with Crippen LogP contribution in [0.25, 0.3) is 22.2 Å². The van der Waals surface area contributed by atoms with Gasteiger partial charge in [0.25, 0.3) is 0 Å². The average Bonchev–Trinajstić information content (AvgIpc) is 2.80. The maximum Gasteiger partial charge on any atom is 0.199 e. The van der Waals surface area contributed by atoms with Crippen molar-refractivity contribution in [1.82, 2.24) is 4.98 Å². The minimum Gasteiger partial charge on any atom is -0.506 e. The molecule has 1 aliphatic rings. The summed E-state index contributed by atoms with van der Waals surface area (Å²) >= 11 is 0. The normalized spacial score (nSPS) is 13.8. The van der Waals surface area contributed by atoms with Crippen molar-refractivity contribution >= 4 is 28.0 Å². The van der Waals surface area contributed by atoms with Gasteiger partial charge in [-0.2, -0.15) is 0 Å². The van der Waals surface area contributed by atoms with Crippen LogP contribution in [0.2, 0.25) is 0 Å². The molecule has 0 bridgehead atoms. The number of aryl methyl sites for hydroxylation is 1. The molecule has 0 saturated heterocycles. The van der Waals surface area contributed by atoms with Crippen LogP contribution in [0.1, 0.15) is 27.2 Å². The lowest BCUT2D eigenvalue weighted by Crippen LogP contribution is -2.01. The number of aromatic nitrogens is 1. The van der Waals surface area contributed by atoms with E-state index in [9.17, 15) is 9.90 Å². The Bertz CT molecular complexity index is 970. The van der Waals surface area contributed by atoms with Gasteiger partial charge in [0.05, 0.1) is 16.8 Å². The van der Waals surface area contributed by atoms with E-state index in [0.29, 0.717) is 16.8 Å². The van der Waals surface area contributed by atoms with E-state index in [-0.39, 0.29) is 17.1 Å². The van der Waals surface area contributed by atoms with Crippen molar-refractivity contribution in [3.8, 4) is 0 Å². The molecule has 1 N–H and O–H groups in total. The van der Waals surface area contributed by atoms with E-state index in [2.05, 4.69) is 4.98 Å². The molecule has 0 unspecified atom stereocenters. The molecule has 0 radical (unpaired) electrons. The van der Waals surface area contributed by atoms with E-state index in [4.69, 9.17) is 0 Å². The second-order valence-corrected chi connectivity index (χ2v) is 5.44. The van der Waals surface area contributed by atoms with Crippen LogP contribution < -0.4 is 0 Å². The Kier molecular flexibility index (Phi) is 2.63. The quantitative estimate of drug-likeness (QED) is 0.731. The van der Waals surface area contributed by atoms with Crippen LogP contribution in [0.5, 0.6) is 0 Å².